The van der Waals surface area contributed by atoms with Crippen LogP contribution in [0.3, 0.4) is 0 Å². The van der Waals surface area contributed by atoms with E-state index < -0.39 is 0 Å². The van der Waals surface area contributed by atoms with Gasteiger partial charge in [-0.3, -0.25) is 0 Å². The summed E-state index contributed by atoms with van der Waals surface area (Å²) in [6.45, 7) is 5.60. The molecule has 1 fully saturated rings. The first kappa shape index (κ1) is 21.3. The fraction of sp³-hybridized carbons (Fsp3) is 0.304. The van der Waals surface area contributed by atoms with E-state index in [4.69, 9.17) is 14.5 Å². The molecule has 1 aromatic heterocycles. The minimum Gasteiger partial charge on any atom is -0.497 e. The molecule has 0 aliphatic carbocycles. The van der Waals surface area contributed by atoms with Crippen molar-refractivity contribution in [1.29, 1.82) is 0 Å². The molecule has 0 bridgehead atoms. The molecule has 1 aliphatic heterocycles. The van der Waals surface area contributed by atoms with Gasteiger partial charge in [0.1, 0.15) is 11.6 Å². The van der Waals surface area contributed by atoms with E-state index in [1.165, 1.54) is 10.5 Å². The third-order valence-corrected chi connectivity index (χ3v) is 6.15. The Bertz CT molecular complexity index is 990. The Balaban J connectivity index is 1.40. The van der Waals surface area contributed by atoms with E-state index in [2.05, 4.69) is 50.7 Å². The third-order valence-electron chi connectivity index (χ3n) is 5.04. The lowest BCUT2D eigenvalue weighted by molar-refractivity contribution is 0.393. The second kappa shape index (κ2) is 9.89. The molecule has 7 nitrogen and oxygen atoms in total. The molecule has 4 rings (SSSR count). The maximum absolute atomic E-state index is 5.42. The summed E-state index contributed by atoms with van der Waals surface area (Å²) in [6.07, 6.45) is 0. The lowest BCUT2D eigenvalue weighted by atomic mass is 10.2. The zero-order valence-electron chi connectivity index (χ0n) is 18.0. The lowest BCUT2D eigenvalue weighted by Gasteiger charge is -2.34. The van der Waals surface area contributed by atoms with Gasteiger partial charge in [-0.15, -0.1) is 0 Å². The summed E-state index contributed by atoms with van der Waals surface area (Å²) in [4.78, 5) is 12.7. The van der Waals surface area contributed by atoms with Gasteiger partial charge in [-0.1, -0.05) is 17.7 Å². The summed E-state index contributed by atoms with van der Waals surface area (Å²) in [5.41, 5.74) is 2.20. The summed E-state index contributed by atoms with van der Waals surface area (Å²) < 4.78 is 13.0. The minimum atomic E-state index is 0.551. The van der Waals surface area contributed by atoms with Gasteiger partial charge in [0.05, 0.1) is 14.2 Å². The third kappa shape index (κ3) is 5.59. The van der Waals surface area contributed by atoms with Crippen LogP contribution >= 0.6 is 11.9 Å². The largest absolute Gasteiger partial charge is 0.497 e. The highest BCUT2D eigenvalue weighted by Gasteiger charge is 2.21. The smallest absolute Gasteiger partial charge is 0.230 e. The fourth-order valence-electron chi connectivity index (χ4n) is 3.27. The molecule has 1 N–H and O–H groups in total. The number of aryl methyl sites for hydroxylation is 1. The Morgan fingerprint density at radius 1 is 0.871 bits per heavy atom. The van der Waals surface area contributed by atoms with Crippen molar-refractivity contribution in [3.8, 4) is 11.6 Å². The number of rotatable bonds is 7. The molecular weight excluding hydrogens is 410 g/mol. The maximum atomic E-state index is 5.42. The predicted octanol–water partition coefficient (Wildman–Crippen LogP) is 4.38. The number of benzene rings is 2. The first-order valence-corrected chi connectivity index (χ1v) is 11.0. The summed E-state index contributed by atoms with van der Waals surface area (Å²) in [5.74, 6) is 2.83. The Kier molecular flexibility index (Phi) is 6.79. The quantitative estimate of drug-likeness (QED) is 0.547. The molecule has 0 saturated carbocycles. The zero-order valence-corrected chi connectivity index (χ0v) is 18.9. The van der Waals surface area contributed by atoms with E-state index >= 15 is 0 Å². The maximum Gasteiger partial charge on any atom is 0.230 e. The van der Waals surface area contributed by atoms with E-state index in [-0.39, 0.29) is 0 Å². The van der Waals surface area contributed by atoms with Crippen molar-refractivity contribution in [3.05, 3.63) is 60.2 Å². The molecule has 3 aromatic rings. The first-order chi connectivity index (χ1) is 15.1. The number of methoxy groups -OCH3 is 2. The van der Waals surface area contributed by atoms with Crippen LogP contribution in [0.25, 0.3) is 0 Å². The number of anilines is 3. The second-order valence-corrected chi connectivity index (χ2v) is 8.44. The van der Waals surface area contributed by atoms with Gasteiger partial charge in [-0.05, 0) is 55.3 Å². The Labute approximate surface area is 187 Å². The van der Waals surface area contributed by atoms with Crippen molar-refractivity contribution in [2.45, 2.75) is 11.8 Å². The van der Waals surface area contributed by atoms with E-state index in [1.807, 2.05) is 30.3 Å². The molecule has 0 radical (unpaired) electrons. The Morgan fingerprint density at radius 2 is 1.58 bits per heavy atom. The summed E-state index contributed by atoms with van der Waals surface area (Å²) >= 11 is 1.77. The van der Waals surface area contributed by atoms with Crippen LogP contribution < -0.4 is 19.7 Å². The number of hydrogen-bond acceptors (Lipinski definition) is 8. The van der Waals surface area contributed by atoms with Crippen LogP contribution in [0.4, 0.5) is 17.5 Å². The van der Waals surface area contributed by atoms with E-state index in [1.54, 1.807) is 26.2 Å². The average Bonchev–Trinajstić information content (AvgIpc) is 2.81. The van der Waals surface area contributed by atoms with Crippen LogP contribution in [0.5, 0.6) is 11.6 Å². The van der Waals surface area contributed by atoms with Gasteiger partial charge in [0, 0.05) is 42.8 Å². The summed E-state index contributed by atoms with van der Waals surface area (Å²) in [6, 6.07) is 18.2. The van der Waals surface area contributed by atoms with Crippen molar-refractivity contribution >= 4 is 29.4 Å². The van der Waals surface area contributed by atoms with Crippen LogP contribution in [-0.4, -0.2) is 54.7 Å². The van der Waals surface area contributed by atoms with Crippen LogP contribution in [-0.2, 0) is 0 Å². The molecular formula is C23H27N5O2S. The fourth-order valence-corrected chi connectivity index (χ4v) is 4.17. The number of nitrogens with zero attached hydrogens (tertiary/aromatic N) is 4. The van der Waals surface area contributed by atoms with E-state index in [0.29, 0.717) is 11.8 Å². The summed E-state index contributed by atoms with van der Waals surface area (Å²) in [5, 5.41) is 3.35. The second-order valence-electron chi connectivity index (χ2n) is 7.27. The van der Waals surface area contributed by atoms with Crippen LogP contribution in [0, 0.1) is 6.92 Å². The van der Waals surface area contributed by atoms with Crippen molar-refractivity contribution in [1.82, 2.24) is 14.3 Å². The Hall–Kier alpha value is -2.97. The van der Waals surface area contributed by atoms with Gasteiger partial charge >= 0.3 is 0 Å². The number of hydrogen-bond donors (Lipinski definition) is 1. The molecule has 8 heteroatoms. The normalized spacial score (nSPS) is 14.4. The first-order valence-electron chi connectivity index (χ1n) is 10.2. The van der Waals surface area contributed by atoms with E-state index in [0.717, 1.165) is 43.4 Å². The molecule has 0 unspecified atom stereocenters. The number of nitrogens with one attached hydrogen (secondary N) is 1. The SMILES string of the molecule is COc1ccc(SN2CCN(c3nc(Nc4ccc(C)cc4)cc(OC)n3)CC2)cc1. The number of aromatic nitrogens is 2. The van der Waals surface area contributed by atoms with Crippen LogP contribution in [0.15, 0.2) is 59.5 Å². The van der Waals surface area contributed by atoms with Crippen molar-refractivity contribution in [2.75, 3.05) is 50.6 Å². The average molecular weight is 438 g/mol. The molecule has 0 atom stereocenters. The number of piperazine rings is 1. The van der Waals surface area contributed by atoms with Gasteiger partial charge in [0.15, 0.2) is 0 Å². The molecule has 2 heterocycles. The molecule has 1 aliphatic rings. The van der Waals surface area contributed by atoms with Crippen molar-refractivity contribution in [2.24, 2.45) is 0 Å². The van der Waals surface area contributed by atoms with Crippen molar-refractivity contribution in [3.63, 3.8) is 0 Å². The predicted molar refractivity (Wildman–Crippen MR) is 126 cm³/mol. The highest BCUT2D eigenvalue weighted by molar-refractivity contribution is 7.97. The minimum absolute atomic E-state index is 0.551. The van der Waals surface area contributed by atoms with Crippen molar-refractivity contribution < 1.29 is 9.47 Å². The van der Waals surface area contributed by atoms with Gasteiger partial charge in [0.25, 0.3) is 0 Å². The molecule has 162 valence electrons. The summed E-state index contributed by atoms with van der Waals surface area (Å²) in [7, 11) is 3.31. The van der Waals surface area contributed by atoms with Gasteiger partial charge in [-0.25, -0.2) is 4.31 Å². The zero-order chi connectivity index (χ0) is 21.6. The Morgan fingerprint density at radius 3 is 2.23 bits per heavy atom. The highest BCUT2D eigenvalue weighted by atomic mass is 32.2. The number of ether oxygens (including phenoxy) is 2. The van der Waals surface area contributed by atoms with Gasteiger partial charge < -0.3 is 19.7 Å². The monoisotopic (exact) mass is 437 g/mol. The molecule has 2 aromatic carbocycles. The van der Waals surface area contributed by atoms with Gasteiger partial charge in [-0.2, -0.15) is 9.97 Å². The van der Waals surface area contributed by atoms with E-state index in [9.17, 15) is 0 Å². The molecule has 31 heavy (non-hydrogen) atoms. The molecule has 0 spiro atoms. The standard InChI is InChI=1S/C23H27N5O2S/c1-17-4-6-18(7-5-17)24-21-16-22(30-3)26-23(25-21)27-12-14-28(15-13-27)31-20-10-8-19(29-2)9-11-20/h4-11,16H,12-15H2,1-3H3,(H,24,25,26). The van der Waals surface area contributed by atoms with Crippen LogP contribution in [0.1, 0.15) is 5.56 Å². The molecule has 0 amide bonds. The van der Waals surface area contributed by atoms with Crippen LogP contribution in [0.2, 0.25) is 0 Å². The van der Waals surface area contributed by atoms with Gasteiger partial charge in [0.2, 0.25) is 11.8 Å². The topological polar surface area (TPSA) is 62.8 Å². The highest BCUT2D eigenvalue weighted by Crippen LogP contribution is 2.28. The molecule has 1 saturated heterocycles. The lowest BCUT2D eigenvalue weighted by Crippen LogP contribution is -2.44.